The maximum Gasteiger partial charge on any atom is 0.107 e. The summed E-state index contributed by atoms with van der Waals surface area (Å²) in [4.78, 5) is 9.23. The molecule has 1 aromatic rings. The molecular formula is C17H29N3O2S. The van der Waals surface area contributed by atoms with Crippen LogP contribution in [0.25, 0.3) is 0 Å². The van der Waals surface area contributed by atoms with Crippen molar-refractivity contribution in [3.8, 4) is 0 Å². The Morgan fingerprint density at radius 1 is 1.52 bits per heavy atom. The lowest BCUT2D eigenvalue weighted by Crippen LogP contribution is -2.45. The van der Waals surface area contributed by atoms with Gasteiger partial charge in [0.1, 0.15) is 10.6 Å². The molecule has 1 spiro atoms. The van der Waals surface area contributed by atoms with Gasteiger partial charge in [-0.15, -0.1) is 11.3 Å². The van der Waals surface area contributed by atoms with Gasteiger partial charge < -0.3 is 14.4 Å². The van der Waals surface area contributed by atoms with Crippen LogP contribution in [0.2, 0.25) is 0 Å². The highest BCUT2D eigenvalue weighted by atomic mass is 32.1. The zero-order valence-corrected chi connectivity index (χ0v) is 15.3. The van der Waals surface area contributed by atoms with E-state index in [1.54, 1.807) is 11.3 Å². The van der Waals surface area contributed by atoms with Crippen molar-refractivity contribution in [3.05, 3.63) is 16.6 Å². The fourth-order valence-electron chi connectivity index (χ4n) is 3.42. The Hall–Kier alpha value is -0.530. The van der Waals surface area contributed by atoms with Gasteiger partial charge in [0, 0.05) is 37.3 Å². The van der Waals surface area contributed by atoms with Crippen molar-refractivity contribution < 1.29 is 9.47 Å². The van der Waals surface area contributed by atoms with E-state index >= 15 is 0 Å². The van der Waals surface area contributed by atoms with E-state index in [4.69, 9.17) is 9.47 Å². The fourth-order valence-corrected chi connectivity index (χ4v) is 4.08. The lowest BCUT2D eigenvalue weighted by atomic mass is 10.00. The average Bonchev–Trinajstić information content (AvgIpc) is 3.09. The highest BCUT2D eigenvalue weighted by Gasteiger charge is 2.43. The molecule has 2 aliphatic rings. The van der Waals surface area contributed by atoms with Crippen molar-refractivity contribution in [2.24, 2.45) is 0 Å². The van der Waals surface area contributed by atoms with Crippen LogP contribution in [-0.4, -0.2) is 72.4 Å². The molecule has 2 saturated heterocycles. The predicted octanol–water partition coefficient (Wildman–Crippen LogP) is 2.23. The van der Waals surface area contributed by atoms with Crippen LogP contribution < -0.4 is 0 Å². The third-order valence-corrected chi connectivity index (χ3v) is 5.75. The molecule has 0 radical (unpaired) electrons. The first-order chi connectivity index (χ1) is 11.1. The first kappa shape index (κ1) is 17.3. The Labute approximate surface area is 143 Å². The Morgan fingerprint density at radius 3 is 3.13 bits per heavy atom. The van der Waals surface area contributed by atoms with Crippen molar-refractivity contribution >= 4 is 11.3 Å². The second kappa shape index (κ2) is 7.57. The monoisotopic (exact) mass is 339 g/mol. The Bertz CT molecular complexity index is 482. The molecule has 23 heavy (non-hydrogen) atoms. The topological polar surface area (TPSA) is 37.8 Å². The van der Waals surface area contributed by atoms with Gasteiger partial charge in [0.15, 0.2) is 0 Å². The zero-order valence-electron chi connectivity index (χ0n) is 14.5. The smallest absolute Gasteiger partial charge is 0.107 e. The van der Waals surface area contributed by atoms with Crippen LogP contribution in [0.3, 0.4) is 0 Å². The third kappa shape index (κ3) is 4.51. The van der Waals surface area contributed by atoms with E-state index in [2.05, 4.69) is 35.7 Å². The average molecular weight is 340 g/mol. The highest BCUT2D eigenvalue weighted by molar-refractivity contribution is 7.09. The van der Waals surface area contributed by atoms with E-state index in [9.17, 15) is 0 Å². The maximum absolute atomic E-state index is 6.51. The summed E-state index contributed by atoms with van der Waals surface area (Å²) in [5, 5.41) is 3.22. The Balaban J connectivity index is 1.59. The van der Waals surface area contributed by atoms with E-state index in [0.717, 1.165) is 52.2 Å². The van der Waals surface area contributed by atoms with Gasteiger partial charge in [0.25, 0.3) is 0 Å². The molecule has 5 nitrogen and oxygen atoms in total. The molecule has 0 aliphatic carbocycles. The van der Waals surface area contributed by atoms with Crippen LogP contribution in [0.1, 0.15) is 31.7 Å². The molecule has 0 aromatic carbocycles. The van der Waals surface area contributed by atoms with E-state index in [1.165, 1.54) is 5.01 Å². The van der Waals surface area contributed by atoms with E-state index in [0.29, 0.717) is 12.1 Å². The van der Waals surface area contributed by atoms with Crippen molar-refractivity contribution in [1.29, 1.82) is 0 Å². The molecule has 0 amide bonds. The number of thiazole rings is 1. The van der Waals surface area contributed by atoms with Crippen LogP contribution in [0.4, 0.5) is 0 Å². The molecular weight excluding hydrogens is 310 g/mol. The standard InChI is InChI=1S/C17H29N3O2S/c1-14(2)19(3)10-15-4-5-17(22-15)12-20(7-8-21-13-17)11-16-18-6-9-23-16/h6,9,14-15H,4-5,7-8,10-13H2,1-3H3/t15-,17-/m1/s1. The summed E-state index contributed by atoms with van der Waals surface area (Å²) in [6.07, 6.45) is 4.43. The van der Waals surface area contributed by atoms with Crippen molar-refractivity contribution in [1.82, 2.24) is 14.8 Å². The Morgan fingerprint density at radius 2 is 2.39 bits per heavy atom. The van der Waals surface area contributed by atoms with Gasteiger partial charge in [0.05, 0.1) is 25.9 Å². The van der Waals surface area contributed by atoms with E-state index in [1.807, 2.05) is 11.6 Å². The summed E-state index contributed by atoms with van der Waals surface area (Å²) in [7, 11) is 2.18. The van der Waals surface area contributed by atoms with Gasteiger partial charge in [-0.1, -0.05) is 0 Å². The molecule has 0 bridgehead atoms. The molecule has 6 heteroatoms. The maximum atomic E-state index is 6.51. The molecule has 0 saturated carbocycles. The largest absolute Gasteiger partial charge is 0.377 e. The van der Waals surface area contributed by atoms with Gasteiger partial charge in [-0.25, -0.2) is 4.98 Å². The van der Waals surface area contributed by atoms with Gasteiger partial charge >= 0.3 is 0 Å². The molecule has 3 heterocycles. The summed E-state index contributed by atoms with van der Waals surface area (Å²) in [6.45, 7) is 9.80. The summed E-state index contributed by atoms with van der Waals surface area (Å²) in [5.41, 5.74) is -0.129. The second-order valence-corrected chi connectivity index (χ2v) is 8.16. The number of rotatable bonds is 5. The SMILES string of the molecule is CC(C)N(C)C[C@H]1CC[C@@]2(COCCN(Cc3nccs3)C2)O1. The van der Waals surface area contributed by atoms with Crippen molar-refractivity contribution in [3.63, 3.8) is 0 Å². The quantitative estimate of drug-likeness (QED) is 0.822. The lowest BCUT2D eigenvalue weighted by molar-refractivity contribution is -0.0924. The first-order valence-corrected chi connectivity index (χ1v) is 9.51. The number of nitrogens with zero attached hydrogens (tertiary/aromatic N) is 3. The molecule has 2 atom stereocenters. The molecule has 1 aromatic heterocycles. The van der Waals surface area contributed by atoms with Gasteiger partial charge in [-0.2, -0.15) is 0 Å². The molecule has 2 fully saturated rings. The number of likely N-dealkylation sites (N-methyl/N-ethyl adjacent to an activating group) is 1. The van der Waals surface area contributed by atoms with Crippen LogP contribution in [-0.2, 0) is 16.0 Å². The number of ether oxygens (including phenoxy) is 2. The third-order valence-electron chi connectivity index (χ3n) is 4.98. The summed E-state index contributed by atoms with van der Waals surface area (Å²) in [6, 6.07) is 0.557. The minimum atomic E-state index is -0.129. The summed E-state index contributed by atoms with van der Waals surface area (Å²) >= 11 is 1.73. The zero-order chi connectivity index (χ0) is 16.3. The molecule has 0 unspecified atom stereocenters. The predicted molar refractivity (Wildman–Crippen MR) is 92.8 cm³/mol. The van der Waals surface area contributed by atoms with Crippen LogP contribution >= 0.6 is 11.3 Å². The van der Waals surface area contributed by atoms with Crippen LogP contribution in [0.5, 0.6) is 0 Å². The van der Waals surface area contributed by atoms with Crippen molar-refractivity contribution in [2.75, 3.05) is 39.9 Å². The normalized spacial score (nSPS) is 29.7. The van der Waals surface area contributed by atoms with Gasteiger partial charge in [-0.3, -0.25) is 4.90 Å². The minimum absolute atomic E-state index is 0.129. The molecule has 130 valence electrons. The van der Waals surface area contributed by atoms with Gasteiger partial charge in [0.2, 0.25) is 0 Å². The first-order valence-electron chi connectivity index (χ1n) is 8.63. The lowest BCUT2D eigenvalue weighted by Gasteiger charge is -2.32. The highest BCUT2D eigenvalue weighted by Crippen LogP contribution is 2.34. The van der Waals surface area contributed by atoms with E-state index in [-0.39, 0.29) is 5.60 Å². The summed E-state index contributed by atoms with van der Waals surface area (Å²) in [5.74, 6) is 0. The minimum Gasteiger partial charge on any atom is -0.377 e. The molecule has 0 N–H and O–H groups in total. The molecule has 2 aliphatic heterocycles. The summed E-state index contributed by atoms with van der Waals surface area (Å²) < 4.78 is 12.4. The van der Waals surface area contributed by atoms with Crippen molar-refractivity contribution in [2.45, 2.75) is 51.0 Å². The van der Waals surface area contributed by atoms with Gasteiger partial charge in [-0.05, 0) is 33.7 Å². The molecule has 3 rings (SSSR count). The number of hydrogen-bond donors (Lipinski definition) is 0. The number of hydrogen-bond acceptors (Lipinski definition) is 6. The Kier molecular flexibility index (Phi) is 5.69. The fraction of sp³-hybridized carbons (Fsp3) is 0.824. The van der Waals surface area contributed by atoms with Crippen LogP contribution in [0, 0.1) is 0 Å². The number of aromatic nitrogens is 1. The van der Waals surface area contributed by atoms with Crippen LogP contribution in [0.15, 0.2) is 11.6 Å². The van der Waals surface area contributed by atoms with E-state index < -0.39 is 0 Å². The second-order valence-electron chi connectivity index (χ2n) is 7.18.